The van der Waals surface area contributed by atoms with Gasteiger partial charge in [-0.05, 0) is 62.7 Å². The van der Waals surface area contributed by atoms with Crippen LogP contribution in [0.25, 0.3) is 16.8 Å². The van der Waals surface area contributed by atoms with Crippen LogP contribution in [0.1, 0.15) is 47.0 Å². The number of fused-ring (bicyclic) bond motifs is 2. The molecule has 1 amide bonds. The topological polar surface area (TPSA) is 83.6 Å². The second-order valence-corrected chi connectivity index (χ2v) is 8.66. The molecule has 0 radical (unpaired) electrons. The number of nitrogens with zero attached hydrogens (tertiary/aromatic N) is 5. The van der Waals surface area contributed by atoms with Crippen molar-refractivity contribution in [2.45, 2.75) is 39.5 Å². The Bertz CT molecular complexity index is 1400. The maximum atomic E-state index is 15.1. The molecule has 0 aliphatic carbocycles. The Labute approximate surface area is 188 Å². The third-order valence-corrected chi connectivity index (χ3v) is 5.77. The summed E-state index contributed by atoms with van der Waals surface area (Å²) in [7, 11) is 0. The van der Waals surface area contributed by atoms with E-state index >= 15 is 8.78 Å². The van der Waals surface area contributed by atoms with E-state index in [1.807, 2.05) is 0 Å². The van der Waals surface area contributed by atoms with Gasteiger partial charge in [0.1, 0.15) is 23.1 Å². The molecule has 1 aliphatic heterocycles. The van der Waals surface area contributed by atoms with E-state index < -0.39 is 17.2 Å². The lowest BCUT2D eigenvalue weighted by atomic mass is 10.00. The van der Waals surface area contributed by atoms with Crippen molar-refractivity contribution in [2.24, 2.45) is 0 Å². The summed E-state index contributed by atoms with van der Waals surface area (Å²) in [5.41, 5.74) is 1.30. The van der Waals surface area contributed by atoms with Crippen LogP contribution in [-0.4, -0.2) is 35.5 Å². The van der Waals surface area contributed by atoms with E-state index in [9.17, 15) is 9.90 Å². The van der Waals surface area contributed by atoms with Crippen LogP contribution in [0, 0.1) is 18.6 Å². The number of amides is 1. The second kappa shape index (κ2) is 7.41. The number of hydrogen-bond acceptors (Lipinski definition) is 5. The van der Waals surface area contributed by atoms with E-state index in [1.165, 1.54) is 21.5 Å². The van der Waals surface area contributed by atoms with Crippen LogP contribution >= 0.6 is 0 Å². The number of carbonyl (C=O) groups is 1. The first-order valence-electron chi connectivity index (χ1n) is 10.4. The molecule has 0 saturated heterocycles. The lowest BCUT2D eigenvalue weighted by Gasteiger charge is -2.20. The van der Waals surface area contributed by atoms with Crippen LogP contribution in [0.4, 0.5) is 8.78 Å². The minimum Gasteiger partial charge on any atom is -0.384 e. The number of benzene rings is 1. The first-order chi connectivity index (χ1) is 15.6. The van der Waals surface area contributed by atoms with Gasteiger partial charge in [-0.25, -0.2) is 18.3 Å². The number of halogens is 2. The molecule has 33 heavy (non-hydrogen) atoms. The highest BCUT2D eigenvalue weighted by Gasteiger charge is 2.30. The van der Waals surface area contributed by atoms with Crippen LogP contribution in [0.15, 0.2) is 42.6 Å². The van der Waals surface area contributed by atoms with Crippen molar-refractivity contribution >= 4 is 11.6 Å². The van der Waals surface area contributed by atoms with Crippen molar-refractivity contribution in [3.05, 3.63) is 82.6 Å². The van der Waals surface area contributed by atoms with Crippen LogP contribution < -0.4 is 0 Å². The Morgan fingerprint density at radius 3 is 2.52 bits per heavy atom. The predicted octanol–water partition coefficient (Wildman–Crippen LogP) is 3.76. The first-order valence-corrected chi connectivity index (χ1v) is 10.4. The summed E-state index contributed by atoms with van der Waals surface area (Å²) in [5.74, 6) is -1.36. The van der Waals surface area contributed by atoms with Gasteiger partial charge in [0.05, 0.1) is 30.0 Å². The summed E-state index contributed by atoms with van der Waals surface area (Å²) in [6, 6.07) is 9.10. The number of aromatic nitrogens is 4. The molecule has 4 heterocycles. The zero-order valence-corrected chi connectivity index (χ0v) is 18.3. The fourth-order valence-electron chi connectivity index (χ4n) is 4.16. The second-order valence-electron chi connectivity index (χ2n) is 8.66. The Hall–Kier alpha value is -3.72. The van der Waals surface area contributed by atoms with E-state index in [0.717, 1.165) is 0 Å². The number of aliphatic hydroxyl groups is 1. The number of aryl methyl sites for hydroxylation is 1. The molecule has 0 atom stereocenters. The van der Waals surface area contributed by atoms with E-state index in [1.54, 1.807) is 51.2 Å². The van der Waals surface area contributed by atoms with E-state index in [0.29, 0.717) is 34.0 Å². The highest BCUT2D eigenvalue weighted by Crippen LogP contribution is 2.32. The van der Waals surface area contributed by atoms with Crippen molar-refractivity contribution in [2.75, 3.05) is 0 Å². The van der Waals surface area contributed by atoms with Gasteiger partial charge in [-0.3, -0.25) is 9.78 Å². The molecule has 0 fully saturated rings. The Morgan fingerprint density at radius 2 is 1.85 bits per heavy atom. The lowest BCUT2D eigenvalue weighted by Crippen LogP contribution is -2.24. The highest BCUT2D eigenvalue weighted by atomic mass is 19.1. The number of rotatable bonds is 4. The summed E-state index contributed by atoms with van der Waals surface area (Å²) in [6.45, 7) is 4.95. The molecular formula is C24H21F2N5O2. The molecule has 4 aromatic rings. The van der Waals surface area contributed by atoms with Crippen LogP contribution in [-0.2, 0) is 18.7 Å². The largest absolute Gasteiger partial charge is 0.384 e. The molecule has 1 aromatic carbocycles. The molecule has 168 valence electrons. The van der Waals surface area contributed by atoms with Gasteiger partial charge in [-0.15, -0.1) is 0 Å². The zero-order chi connectivity index (χ0) is 23.5. The minimum absolute atomic E-state index is 0.193. The molecule has 0 bridgehead atoms. The average molecular weight is 449 g/mol. The third kappa shape index (κ3) is 3.54. The van der Waals surface area contributed by atoms with Crippen LogP contribution in [0.5, 0.6) is 0 Å². The maximum absolute atomic E-state index is 15.1. The first kappa shape index (κ1) is 21.1. The van der Waals surface area contributed by atoms with Gasteiger partial charge in [-0.1, -0.05) is 0 Å². The number of carbonyl (C=O) groups excluding carboxylic acids is 1. The van der Waals surface area contributed by atoms with Gasteiger partial charge in [0.2, 0.25) is 0 Å². The summed E-state index contributed by atoms with van der Waals surface area (Å²) in [6.07, 6.45) is 1.59. The lowest BCUT2D eigenvalue weighted by molar-refractivity contribution is 0.0714. The Morgan fingerprint density at radius 1 is 1.12 bits per heavy atom. The number of hydrogen-bond donors (Lipinski definition) is 1. The van der Waals surface area contributed by atoms with E-state index in [2.05, 4.69) is 15.1 Å². The minimum atomic E-state index is -1.19. The molecule has 1 aliphatic rings. The van der Waals surface area contributed by atoms with E-state index in [4.69, 9.17) is 0 Å². The van der Waals surface area contributed by atoms with Crippen molar-refractivity contribution < 1.29 is 18.7 Å². The predicted molar refractivity (Wildman–Crippen MR) is 116 cm³/mol. The van der Waals surface area contributed by atoms with Crippen molar-refractivity contribution in [1.82, 2.24) is 24.5 Å². The molecule has 0 saturated carbocycles. The van der Waals surface area contributed by atoms with Crippen LogP contribution in [0.3, 0.4) is 0 Å². The molecular weight excluding hydrogens is 428 g/mol. The summed E-state index contributed by atoms with van der Waals surface area (Å²) < 4.78 is 31.7. The van der Waals surface area contributed by atoms with Gasteiger partial charge < -0.3 is 10.0 Å². The molecule has 3 aromatic heterocycles. The molecule has 0 spiro atoms. The molecule has 0 unspecified atom stereocenters. The monoisotopic (exact) mass is 449 g/mol. The Kier molecular flexibility index (Phi) is 4.75. The van der Waals surface area contributed by atoms with Gasteiger partial charge in [0, 0.05) is 17.3 Å². The van der Waals surface area contributed by atoms with Crippen molar-refractivity contribution in [1.29, 1.82) is 0 Å². The van der Waals surface area contributed by atoms with Crippen molar-refractivity contribution in [3.63, 3.8) is 0 Å². The summed E-state index contributed by atoms with van der Waals surface area (Å²) >= 11 is 0. The SMILES string of the molecule is Cc1nc2c(-c3cc(F)c(CN4Cc5ncccc5C4=O)c(F)c3)ccc(C(C)(C)O)n2n1. The molecule has 9 heteroatoms. The molecule has 7 nitrogen and oxygen atoms in total. The molecule has 1 N–H and O–H groups in total. The normalized spacial score (nSPS) is 13.8. The summed E-state index contributed by atoms with van der Waals surface area (Å²) in [4.78, 5) is 22.5. The maximum Gasteiger partial charge on any atom is 0.256 e. The third-order valence-electron chi connectivity index (χ3n) is 5.77. The zero-order valence-electron chi connectivity index (χ0n) is 18.3. The van der Waals surface area contributed by atoms with Crippen LogP contribution in [0.2, 0.25) is 0 Å². The van der Waals surface area contributed by atoms with Gasteiger partial charge in [0.25, 0.3) is 5.91 Å². The standard InChI is InChI=1S/C24H21F2N5O2/c1-13-28-22-15(6-7-21(24(2,3)33)31(22)29-13)14-9-18(25)17(19(26)10-14)11-30-12-20-16(23(30)32)5-4-8-27-20/h4-10,33H,11-12H2,1-3H3. The van der Waals surface area contributed by atoms with Gasteiger partial charge in [-0.2, -0.15) is 5.10 Å². The quantitative estimate of drug-likeness (QED) is 0.513. The van der Waals surface area contributed by atoms with Gasteiger partial charge in [0.15, 0.2) is 5.65 Å². The molecule has 5 rings (SSSR count). The number of pyridine rings is 2. The smallest absolute Gasteiger partial charge is 0.256 e. The average Bonchev–Trinajstić information content (AvgIpc) is 3.28. The highest BCUT2D eigenvalue weighted by molar-refractivity contribution is 5.97. The fraction of sp³-hybridized carbons (Fsp3) is 0.250. The Balaban J connectivity index is 1.53. The van der Waals surface area contributed by atoms with Crippen molar-refractivity contribution in [3.8, 4) is 11.1 Å². The van der Waals surface area contributed by atoms with E-state index in [-0.39, 0.29) is 30.1 Å². The fourth-order valence-corrected chi connectivity index (χ4v) is 4.16. The van der Waals surface area contributed by atoms with Gasteiger partial charge >= 0.3 is 0 Å². The summed E-state index contributed by atoms with van der Waals surface area (Å²) in [5, 5.41) is 14.8.